The lowest BCUT2D eigenvalue weighted by molar-refractivity contribution is 0.149. The lowest BCUT2D eigenvalue weighted by Crippen LogP contribution is -1.91. The van der Waals surface area contributed by atoms with Gasteiger partial charge in [0.25, 0.3) is 0 Å². The number of hydrogen-bond acceptors (Lipinski definition) is 3. The molecule has 3 nitrogen and oxygen atoms in total. The van der Waals surface area contributed by atoms with Gasteiger partial charge in [-0.15, -0.1) is 0 Å². The zero-order valence-electron chi connectivity index (χ0n) is 10.5. The van der Waals surface area contributed by atoms with Gasteiger partial charge in [-0.05, 0) is 23.3 Å². The van der Waals surface area contributed by atoms with E-state index in [-0.39, 0.29) is 11.5 Å². The van der Waals surface area contributed by atoms with Gasteiger partial charge in [0, 0.05) is 0 Å². The van der Waals surface area contributed by atoms with Crippen molar-refractivity contribution >= 4 is 6.08 Å². The Morgan fingerprint density at radius 2 is 1.74 bits per heavy atom. The average molecular weight is 256 g/mol. The van der Waals surface area contributed by atoms with Crippen LogP contribution in [0, 0.1) is 0 Å². The van der Waals surface area contributed by atoms with E-state index in [9.17, 15) is 10.2 Å². The molecule has 0 atom stereocenters. The molecule has 2 rings (SSSR count). The molecule has 2 aromatic rings. The fourth-order valence-corrected chi connectivity index (χ4v) is 1.65. The molecule has 0 unspecified atom stereocenters. The molecule has 0 bridgehead atoms. The largest absolute Gasteiger partial charge is 0.504 e. The highest BCUT2D eigenvalue weighted by Gasteiger charge is 1.97. The Morgan fingerprint density at radius 1 is 0.947 bits per heavy atom. The molecule has 0 heterocycles. The Kier molecular flexibility index (Phi) is 4.59. The second kappa shape index (κ2) is 6.61. The summed E-state index contributed by atoms with van der Waals surface area (Å²) < 4.78 is 5.50. The molecule has 2 N–H and O–H groups in total. The normalized spacial score (nSPS) is 10.9. The fourth-order valence-electron chi connectivity index (χ4n) is 1.65. The predicted octanol–water partition coefficient (Wildman–Crippen LogP) is 3.33. The SMILES string of the molecule is Oc1ccc(C=CCOCc2ccccc2)cc1O. The van der Waals surface area contributed by atoms with E-state index < -0.39 is 0 Å². The van der Waals surface area contributed by atoms with E-state index in [0.29, 0.717) is 13.2 Å². The van der Waals surface area contributed by atoms with Crippen molar-refractivity contribution in [1.82, 2.24) is 0 Å². The van der Waals surface area contributed by atoms with Crippen LogP contribution in [0.2, 0.25) is 0 Å². The number of benzene rings is 2. The third kappa shape index (κ3) is 4.16. The van der Waals surface area contributed by atoms with E-state index in [1.165, 1.54) is 12.1 Å². The molecule has 0 saturated heterocycles. The van der Waals surface area contributed by atoms with Crippen molar-refractivity contribution in [2.24, 2.45) is 0 Å². The van der Waals surface area contributed by atoms with Crippen molar-refractivity contribution < 1.29 is 14.9 Å². The minimum atomic E-state index is -0.118. The number of phenols is 2. The fraction of sp³-hybridized carbons (Fsp3) is 0.125. The van der Waals surface area contributed by atoms with Crippen LogP contribution >= 0.6 is 0 Å². The Hall–Kier alpha value is -2.26. The molecule has 98 valence electrons. The maximum Gasteiger partial charge on any atom is 0.157 e. The molecular formula is C16H16O3. The van der Waals surface area contributed by atoms with Gasteiger partial charge in [0.15, 0.2) is 11.5 Å². The molecule has 0 aliphatic rings. The molecule has 0 amide bonds. The molecule has 19 heavy (non-hydrogen) atoms. The Morgan fingerprint density at radius 3 is 2.47 bits per heavy atom. The van der Waals surface area contributed by atoms with Crippen molar-refractivity contribution in [3.8, 4) is 11.5 Å². The van der Waals surface area contributed by atoms with Crippen LogP contribution < -0.4 is 0 Å². The molecule has 0 saturated carbocycles. The lowest BCUT2D eigenvalue weighted by Gasteiger charge is -2.01. The van der Waals surface area contributed by atoms with E-state index in [0.717, 1.165) is 11.1 Å². The van der Waals surface area contributed by atoms with E-state index in [2.05, 4.69) is 0 Å². The van der Waals surface area contributed by atoms with Crippen LogP contribution in [0.4, 0.5) is 0 Å². The van der Waals surface area contributed by atoms with Gasteiger partial charge >= 0.3 is 0 Å². The first-order valence-electron chi connectivity index (χ1n) is 6.06. The third-order valence-electron chi connectivity index (χ3n) is 2.64. The molecular weight excluding hydrogens is 240 g/mol. The minimum absolute atomic E-state index is 0.113. The average Bonchev–Trinajstić information content (AvgIpc) is 2.43. The Bertz CT molecular complexity index is 547. The molecule has 0 fully saturated rings. The van der Waals surface area contributed by atoms with Crippen LogP contribution in [0.3, 0.4) is 0 Å². The highest BCUT2D eigenvalue weighted by atomic mass is 16.5. The zero-order valence-corrected chi connectivity index (χ0v) is 10.5. The van der Waals surface area contributed by atoms with Crippen molar-refractivity contribution in [2.45, 2.75) is 6.61 Å². The van der Waals surface area contributed by atoms with Crippen molar-refractivity contribution in [1.29, 1.82) is 0 Å². The zero-order chi connectivity index (χ0) is 13.5. The van der Waals surface area contributed by atoms with Crippen LogP contribution in [0.25, 0.3) is 6.08 Å². The topological polar surface area (TPSA) is 49.7 Å². The number of hydrogen-bond donors (Lipinski definition) is 2. The minimum Gasteiger partial charge on any atom is -0.504 e. The summed E-state index contributed by atoms with van der Waals surface area (Å²) >= 11 is 0. The van der Waals surface area contributed by atoms with E-state index in [1.54, 1.807) is 6.07 Å². The van der Waals surface area contributed by atoms with Crippen LogP contribution in [0.5, 0.6) is 11.5 Å². The highest BCUT2D eigenvalue weighted by Crippen LogP contribution is 2.25. The molecule has 0 spiro atoms. The maximum absolute atomic E-state index is 9.34. The molecule has 0 aromatic heterocycles. The second-order valence-corrected chi connectivity index (χ2v) is 4.15. The van der Waals surface area contributed by atoms with Gasteiger partial charge in [-0.3, -0.25) is 0 Å². The summed E-state index contributed by atoms with van der Waals surface area (Å²) in [6.07, 6.45) is 3.71. The first-order valence-corrected chi connectivity index (χ1v) is 6.06. The van der Waals surface area contributed by atoms with Crippen LogP contribution in [-0.2, 0) is 11.3 Å². The van der Waals surface area contributed by atoms with Crippen molar-refractivity contribution in [2.75, 3.05) is 6.61 Å². The lowest BCUT2D eigenvalue weighted by atomic mass is 10.2. The summed E-state index contributed by atoms with van der Waals surface area (Å²) in [7, 11) is 0. The number of aromatic hydroxyl groups is 2. The summed E-state index contributed by atoms with van der Waals surface area (Å²) in [6, 6.07) is 14.7. The standard InChI is InChI=1S/C16H16O3/c17-15-9-8-13(11-16(15)18)7-4-10-19-12-14-5-2-1-3-6-14/h1-9,11,17-18H,10,12H2. The summed E-state index contributed by atoms with van der Waals surface area (Å²) in [4.78, 5) is 0. The van der Waals surface area contributed by atoms with Crippen molar-refractivity contribution in [3.05, 3.63) is 65.7 Å². The van der Waals surface area contributed by atoms with Crippen LogP contribution in [0.1, 0.15) is 11.1 Å². The van der Waals surface area contributed by atoms with Gasteiger partial charge in [0.05, 0.1) is 13.2 Å². The summed E-state index contributed by atoms with van der Waals surface area (Å²) in [6.45, 7) is 1.07. The smallest absolute Gasteiger partial charge is 0.157 e. The van der Waals surface area contributed by atoms with Gasteiger partial charge in [0.2, 0.25) is 0 Å². The predicted molar refractivity (Wildman–Crippen MR) is 74.9 cm³/mol. The first-order chi connectivity index (χ1) is 9.25. The number of rotatable bonds is 5. The number of phenolic OH excluding ortho intramolecular Hbond substituents is 2. The van der Waals surface area contributed by atoms with Gasteiger partial charge in [0.1, 0.15) is 0 Å². The molecule has 0 aliphatic carbocycles. The molecule has 3 heteroatoms. The van der Waals surface area contributed by atoms with Crippen LogP contribution in [-0.4, -0.2) is 16.8 Å². The van der Waals surface area contributed by atoms with Crippen LogP contribution in [0.15, 0.2) is 54.6 Å². The quantitative estimate of drug-likeness (QED) is 0.637. The van der Waals surface area contributed by atoms with E-state index in [4.69, 9.17) is 4.74 Å². The molecule has 2 aromatic carbocycles. The van der Waals surface area contributed by atoms with Crippen molar-refractivity contribution in [3.63, 3.8) is 0 Å². The maximum atomic E-state index is 9.34. The summed E-state index contributed by atoms with van der Waals surface area (Å²) in [5.41, 5.74) is 1.96. The Labute approximate surface area is 112 Å². The second-order valence-electron chi connectivity index (χ2n) is 4.15. The molecule has 0 aliphatic heterocycles. The van der Waals surface area contributed by atoms with E-state index in [1.807, 2.05) is 42.5 Å². The number of ether oxygens (including phenoxy) is 1. The van der Waals surface area contributed by atoms with Gasteiger partial charge in [-0.25, -0.2) is 0 Å². The summed E-state index contributed by atoms with van der Waals surface area (Å²) in [5, 5.41) is 18.5. The first kappa shape index (κ1) is 13.2. The Balaban J connectivity index is 1.79. The highest BCUT2D eigenvalue weighted by molar-refractivity contribution is 5.55. The third-order valence-corrected chi connectivity index (χ3v) is 2.64. The van der Waals surface area contributed by atoms with Gasteiger partial charge in [-0.2, -0.15) is 0 Å². The monoisotopic (exact) mass is 256 g/mol. The van der Waals surface area contributed by atoms with E-state index >= 15 is 0 Å². The van der Waals surface area contributed by atoms with Gasteiger partial charge in [-0.1, -0.05) is 48.6 Å². The summed E-state index contributed by atoms with van der Waals surface area (Å²) in [5.74, 6) is -0.232. The molecule has 0 radical (unpaired) electrons. The van der Waals surface area contributed by atoms with Gasteiger partial charge < -0.3 is 14.9 Å².